The van der Waals surface area contributed by atoms with E-state index in [2.05, 4.69) is 25.7 Å². The zero-order valence-corrected chi connectivity index (χ0v) is 14.8. The van der Waals surface area contributed by atoms with Crippen LogP contribution in [0.2, 0.25) is 19.6 Å². The summed E-state index contributed by atoms with van der Waals surface area (Å²) in [5, 5.41) is 0. The third-order valence-electron chi connectivity index (χ3n) is 2.85. The van der Waals surface area contributed by atoms with Crippen molar-refractivity contribution < 1.29 is 15.3 Å². The zero-order chi connectivity index (χ0) is 16.4. The smallest absolute Gasteiger partial charge is 0.410 e. The van der Waals surface area contributed by atoms with Crippen LogP contribution in [0.4, 0.5) is 4.79 Å². The number of rotatable bonds is 2. The van der Waals surface area contributed by atoms with Crippen molar-refractivity contribution in [2.24, 2.45) is 5.92 Å². The van der Waals surface area contributed by atoms with Crippen molar-refractivity contribution in [1.82, 2.24) is 4.90 Å². The van der Waals surface area contributed by atoms with Crippen LogP contribution in [0.25, 0.3) is 0 Å². The second kappa shape index (κ2) is 5.80. The Labute approximate surface area is 125 Å². The van der Waals surface area contributed by atoms with Gasteiger partial charge in [0.2, 0.25) is 8.32 Å². The molecule has 0 saturated heterocycles. The highest BCUT2D eigenvalue weighted by Crippen LogP contribution is 2.26. The van der Waals surface area contributed by atoms with Gasteiger partial charge in [0.1, 0.15) is 5.60 Å². The van der Waals surface area contributed by atoms with Gasteiger partial charge in [0.05, 0.1) is 12.3 Å². The Balaban J connectivity index is 2.92. The summed E-state index contributed by atoms with van der Waals surface area (Å²) in [6.45, 7) is 14.5. The summed E-state index contributed by atoms with van der Waals surface area (Å²) in [5.74, 6) is 0.923. The average Bonchev–Trinajstić information content (AvgIpc) is 2.23. The summed E-state index contributed by atoms with van der Waals surface area (Å²) in [7, 11) is -1.71. The predicted octanol–water partition coefficient (Wildman–Crippen LogP) is 4.00. The summed E-state index contributed by atoms with van der Waals surface area (Å²) in [6, 6.07) is -0.158. The lowest BCUT2D eigenvalue weighted by molar-refractivity contribution is 0.0119. The van der Waals surface area contributed by atoms with Gasteiger partial charge in [0.25, 0.3) is 0 Å². The zero-order valence-electron chi connectivity index (χ0n) is 14.8. The first kappa shape index (κ1) is 15.4. The number of hydrogen-bond acceptors (Lipinski definition) is 3. The van der Waals surface area contributed by atoms with Crippen molar-refractivity contribution >= 4 is 14.4 Å². The Morgan fingerprint density at radius 1 is 1.45 bits per heavy atom. The molecule has 0 aromatic carbocycles. The molecule has 2 atom stereocenters. The van der Waals surface area contributed by atoms with Gasteiger partial charge in [-0.25, -0.2) is 4.79 Å². The van der Waals surface area contributed by atoms with Crippen molar-refractivity contribution in [3.63, 3.8) is 0 Å². The van der Waals surface area contributed by atoms with E-state index in [0.29, 0.717) is 6.54 Å². The van der Waals surface area contributed by atoms with Crippen molar-refractivity contribution in [2.45, 2.75) is 65.9 Å². The van der Waals surface area contributed by atoms with Crippen LogP contribution in [0.1, 0.15) is 36.0 Å². The van der Waals surface area contributed by atoms with Crippen LogP contribution < -0.4 is 0 Å². The molecule has 1 unspecified atom stereocenters. The van der Waals surface area contributed by atoms with Gasteiger partial charge in [-0.3, -0.25) is 4.90 Å². The van der Waals surface area contributed by atoms with E-state index in [-0.39, 0.29) is 25.0 Å². The van der Waals surface area contributed by atoms with Crippen LogP contribution in [0.3, 0.4) is 0 Å². The molecule has 0 saturated carbocycles. The predicted molar refractivity (Wildman–Crippen MR) is 84.1 cm³/mol. The molecule has 1 aliphatic rings. The molecule has 0 aromatic heterocycles. The molecule has 1 rings (SSSR count). The second-order valence-corrected chi connectivity index (χ2v) is 11.8. The van der Waals surface area contributed by atoms with Gasteiger partial charge < -0.3 is 9.16 Å². The van der Waals surface area contributed by atoms with Crippen molar-refractivity contribution in [3.8, 4) is 0 Å². The van der Waals surface area contributed by atoms with E-state index >= 15 is 0 Å². The van der Waals surface area contributed by atoms with E-state index in [1.807, 2.05) is 27.7 Å². The van der Waals surface area contributed by atoms with Crippen LogP contribution >= 0.6 is 0 Å². The highest BCUT2D eigenvalue weighted by molar-refractivity contribution is 6.70. The first-order chi connectivity index (χ1) is 9.43. The molecule has 0 fully saturated rings. The molecule has 0 aromatic rings. The summed E-state index contributed by atoms with van der Waals surface area (Å²) < 4.78 is 19.2. The highest BCUT2D eigenvalue weighted by Gasteiger charge is 2.33. The minimum Gasteiger partial charge on any atom is -0.546 e. The van der Waals surface area contributed by atoms with Crippen LogP contribution in [0, 0.1) is 5.92 Å². The third kappa shape index (κ3) is 5.19. The molecule has 5 heteroatoms. The standard InChI is InChI=1S/C15H29NO3Si/c1-11-9-13(19-20(6,7)8)10-16(12(11)2)14(17)18-15(3,4)5/h9,11-12H,10H2,1-8H3/t11?,12-/m1/s1/i2T. The molecular formula is C15H29NO3Si. The van der Waals surface area contributed by atoms with Gasteiger partial charge in [0, 0.05) is 7.41 Å². The summed E-state index contributed by atoms with van der Waals surface area (Å²) in [6.07, 6.45) is 1.69. The first-order valence-corrected chi connectivity index (χ1v) is 10.5. The summed E-state index contributed by atoms with van der Waals surface area (Å²) >= 11 is 0. The number of carbonyl (C=O) groups excluding carboxylic acids is 1. The van der Waals surface area contributed by atoms with Crippen LogP contribution in [0.5, 0.6) is 0 Å². The van der Waals surface area contributed by atoms with Gasteiger partial charge >= 0.3 is 6.09 Å². The number of ether oxygens (including phenoxy) is 1. The monoisotopic (exact) mass is 301 g/mol. The maximum Gasteiger partial charge on any atom is 0.410 e. The molecule has 1 heterocycles. The van der Waals surface area contributed by atoms with Gasteiger partial charge in [-0.05, 0) is 59.3 Å². The van der Waals surface area contributed by atoms with E-state index in [1.54, 1.807) is 4.90 Å². The quantitative estimate of drug-likeness (QED) is 0.724. The van der Waals surface area contributed by atoms with E-state index in [1.165, 1.54) is 0 Å². The largest absolute Gasteiger partial charge is 0.546 e. The Morgan fingerprint density at radius 2 is 2.05 bits per heavy atom. The molecule has 0 spiro atoms. The molecule has 116 valence electrons. The number of hydrogen-bond donors (Lipinski definition) is 0. The van der Waals surface area contributed by atoms with Gasteiger partial charge in [-0.2, -0.15) is 0 Å². The lowest BCUT2D eigenvalue weighted by Gasteiger charge is -2.39. The molecule has 0 bridgehead atoms. The van der Waals surface area contributed by atoms with E-state index in [9.17, 15) is 4.79 Å². The van der Waals surface area contributed by atoms with Gasteiger partial charge in [0.15, 0.2) is 0 Å². The second-order valence-electron chi connectivity index (χ2n) is 7.38. The Kier molecular flexibility index (Phi) is 4.47. The molecule has 0 N–H and O–H groups in total. The molecule has 4 nitrogen and oxygen atoms in total. The molecule has 0 aliphatic carbocycles. The van der Waals surface area contributed by atoms with Crippen LogP contribution in [-0.2, 0) is 9.16 Å². The molecule has 1 aliphatic heterocycles. The topological polar surface area (TPSA) is 38.8 Å². The van der Waals surface area contributed by atoms with Gasteiger partial charge in [-0.15, -0.1) is 0 Å². The highest BCUT2D eigenvalue weighted by atomic mass is 28.4. The molecular weight excluding hydrogens is 270 g/mol. The normalized spacial score (nSPS) is 24.9. The lowest BCUT2D eigenvalue weighted by Crippen LogP contribution is -2.48. The fourth-order valence-corrected chi connectivity index (χ4v) is 2.93. The SMILES string of the molecule is [3H]C[C@@H]1C(C)C=C(O[Si](C)(C)C)CN1C(=O)OC(C)(C)C. The fraction of sp³-hybridized carbons (Fsp3) is 0.800. The average molecular weight is 301 g/mol. The minimum atomic E-state index is -1.71. The maximum atomic E-state index is 12.4. The van der Waals surface area contributed by atoms with Crippen LogP contribution in [0.15, 0.2) is 11.8 Å². The van der Waals surface area contributed by atoms with E-state index in [0.717, 1.165) is 5.76 Å². The minimum absolute atomic E-state index is 0.0927. The molecule has 1 amide bonds. The van der Waals surface area contributed by atoms with Crippen molar-refractivity contribution in [3.05, 3.63) is 11.8 Å². The summed E-state index contributed by atoms with van der Waals surface area (Å²) in [5.41, 5.74) is -0.534. The maximum absolute atomic E-state index is 12.4. The van der Waals surface area contributed by atoms with Gasteiger partial charge in [-0.1, -0.05) is 6.92 Å². The lowest BCUT2D eigenvalue weighted by atomic mass is 9.98. The fourth-order valence-electron chi connectivity index (χ4n) is 2.01. The van der Waals surface area contributed by atoms with E-state index in [4.69, 9.17) is 10.5 Å². The summed E-state index contributed by atoms with van der Waals surface area (Å²) in [4.78, 5) is 14.0. The molecule has 20 heavy (non-hydrogen) atoms. The Bertz CT molecular complexity index is 412. The Hall–Kier alpha value is -0.973. The van der Waals surface area contributed by atoms with Crippen molar-refractivity contribution in [2.75, 3.05) is 6.54 Å². The number of carbonyl (C=O) groups is 1. The first-order valence-electron chi connectivity index (χ1n) is 7.82. The molecule has 0 radical (unpaired) electrons. The van der Waals surface area contributed by atoms with Crippen LogP contribution in [-0.4, -0.2) is 37.5 Å². The number of nitrogens with zero attached hydrogens (tertiary/aromatic N) is 1. The third-order valence-corrected chi connectivity index (χ3v) is 3.72. The van der Waals surface area contributed by atoms with E-state index < -0.39 is 13.9 Å². The van der Waals surface area contributed by atoms with Crippen molar-refractivity contribution in [1.29, 1.82) is 0 Å². The number of amides is 1. The Morgan fingerprint density at radius 3 is 2.50 bits per heavy atom.